The van der Waals surface area contributed by atoms with Gasteiger partial charge in [0.15, 0.2) is 0 Å². The molecule has 1 aromatic rings. The standard InChI is InChI=1S/C10H11N3O6/c14-4-9(16)11-6-1-7(12-10(17)5-15)3-8(2-6)13(18)19/h1-3,14-15H,4-5H2,(H,11,16)(H,12,17). The third kappa shape index (κ3) is 4.33. The van der Waals surface area contributed by atoms with Gasteiger partial charge in [-0.15, -0.1) is 0 Å². The maximum Gasteiger partial charge on any atom is 0.273 e. The first-order valence-electron chi connectivity index (χ1n) is 5.07. The predicted molar refractivity (Wildman–Crippen MR) is 64.5 cm³/mol. The van der Waals surface area contributed by atoms with Crippen molar-refractivity contribution in [2.75, 3.05) is 23.8 Å². The SMILES string of the molecule is O=C(CO)Nc1cc(NC(=O)CO)cc([N+](=O)[O-])c1. The van der Waals surface area contributed by atoms with Crippen LogP contribution in [0.5, 0.6) is 0 Å². The number of nitrogens with zero attached hydrogens (tertiary/aromatic N) is 1. The Kier molecular flexibility index (Phi) is 4.92. The number of aliphatic hydroxyl groups excluding tert-OH is 2. The van der Waals surface area contributed by atoms with Crippen molar-refractivity contribution in [2.45, 2.75) is 0 Å². The maximum absolute atomic E-state index is 11.0. The van der Waals surface area contributed by atoms with E-state index in [1.165, 1.54) is 6.07 Å². The average Bonchev–Trinajstić information content (AvgIpc) is 2.37. The molecule has 1 rings (SSSR count). The number of benzene rings is 1. The second kappa shape index (κ2) is 6.42. The number of non-ortho nitro benzene ring substituents is 1. The number of nitro benzene ring substituents is 1. The Balaban J connectivity index is 3.06. The molecule has 0 unspecified atom stereocenters. The molecule has 0 spiro atoms. The molecule has 0 fully saturated rings. The Morgan fingerprint density at radius 1 is 1.05 bits per heavy atom. The lowest BCUT2D eigenvalue weighted by Crippen LogP contribution is -2.17. The minimum atomic E-state index is -0.777. The van der Waals surface area contributed by atoms with Crippen LogP contribution in [0.3, 0.4) is 0 Å². The third-order valence-electron chi connectivity index (χ3n) is 1.98. The van der Waals surface area contributed by atoms with Gasteiger partial charge in [-0.1, -0.05) is 0 Å². The first kappa shape index (κ1) is 14.5. The molecule has 0 saturated heterocycles. The number of carbonyl (C=O) groups excluding carboxylic acids is 2. The number of hydrogen-bond acceptors (Lipinski definition) is 6. The molecule has 19 heavy (non-hydrogen) atoms. The number of carbonyl (C=O) groups is 2. The molecule has 102 valence electrons. The summed E-state index contributed by atoms with van der Waals surface area (Å²) in [6, 6.07) is 3.40. The fourth-order valence-corrected chi connectivity index (χ4v) is 1.26. The Bertz CT molecular complexity index is 480. The van der Waals surface area contributed by atoms with E-state index in [9.17, 15) is 19.7 Å². The van der Waals surface area contributed by atoms with Gasteiger partial charge in [0, 0.05) is 23.5 Å². The van der Waals surface area contributed by atoms with Gasteiger partial charge in [-0.2, -0.15) is 0 Å². The molecule has 0 aliphatic heterocycles. The highest BCUT2D eigenvalue weighted by Gasteiger charge is 2.12. The lowest BCUT2D eigenvalue weighted by atomic mass is 10.2. The van der Waals surface area contributed by atoms with Gasteiger partial charge in [-0.25, -0.2) is 0 Å². The van der Waals surface area contributed by atoms with E-state index < -0.39 is 30.0 Å². The van der Waals surface area contributed by atoms with E-state index in [1.54, 1.807) is 0 Å². The quantitative estimate of drug-likeness (QED) is 0.417. The van der Waals surface area contributed by atoms with Crippen molar-refractivity contribution in [3.05, 3.63) is 28.3 Å². The van der Waals surface area contributed by atoms with E-state index in [0.29, 0.717) is 0 Å². The zero-order valence-corrected chi connectivity index (χ0v) is 9.62. The van der Waals surface area contributed by atoms with E-state index in [4.69, 9.17) is 10.2 Å². The van der Waals surface area contributed by atoms with Gasteiger partial charge in [-0.3, -0.25) is 19.7 Å². The number of amides is 2. The molecule has 0 aromatic heterocycles. The zero-order chi connectivity index (χ0) is 14.4. The monoisotopic (exact) mass is 269 g/mol. The lowest BCUT2D eigenvalue weighted by molar-refractivity contribution is -0.384. The second-order valence-corrected chi connectivity index (χ2v) is 3.44. The highest BCUT2D eigenvalue weighted by Crippen LogP contribution is 2.24. The highest BCUT2D eigenvalue weighted by molar-refractivity contribution is 5.95. The van der Waals surface area contributed by atoms with Crippen molar-refractivity contribution < 1.29 is 24.7 Å². The molecular formula is C10H11N3O6. The molecular weight excluding hydrogens is 258 g/mol. The van der Waals surface area contributed by atoms with E-state index in [1.807, 2.05) is 0 Å². The van der Waals surface area contributed by atoms with Gasteiger partial charge in [-0.05, 0) is 6.07 Å². The molecule has 0 heterocycles. The molecule has 0 aliphatic rings. The minimum absolute atomic E-state index is 0.0430. The summed E-state index contributed by atoms with van der Waals surface area (Å²) in [5.74, 6) is -1.50. The van der Waals surface area contributed by atoms with Crippen molar-refractivity contribution in [1.29, 1.82) is 0 Å². The Hall–Kier alpha value is -2.52. The first-order valence-corrected chi connectivity index (χ1v) is 5.07. The maximum atomic E-state index is 11.0. The van der Waals surface area contributed by atoms with Crippen LogP contribution < -0.4 is 10.6 Å². The Morgan fingerprint density at radius 2 is 1.47 bits per heavy atom. The van der Waals surface area contributed by atoms with Gasteiger partial charge >= 0.3 is 0 Å². The summed E-state index contributed by atoms with van der Waals surface area (Å²) in [4.78, 5) is 32.0. The fourth-order valence-electron chi connectivity index (χ4n) is 1.26. The molecule has 0 saturated carbocycles. The van der Waals surface area contributed by atoms with Crippen LogP contribution in [0.4, 0.5) is 17.1 Å². The van der Waals surface area contributed by atoms with E-state index in [2.05, 4.69) is 10.6 Å². The normalized spacial score (nSPS) is 9.79. The molecule has 0 radical (unpaired) electrons. The lowest BCUT2D eigenvalue weighted by Gasteiger charge is -2.07. The molecule has 0 bridgehead atoms. The van der Waals surface area contributed by atoms with Gasteiger partial charge in [0.05, 0.1) is 4.92 Å². The van der Waals surface area contributed by atoms with Crippen LogP contribution in [-0.4, -0.2) is 40.2 Å². The topological polar surface area (TPSA) is 142 Å². The molecule has 4 N–H and O–H groups in total. The number of rotatable bonds is 5. The van der Waals surface area contributed by atoms with Gasteiger partial charge < -0.3 is 20.8 Å². The summed E-state index contributed by atoms with van der Waals surface area (Å²) in [7, 11) is 0. The zero-order valence-electron chi connectivity index (χ0n) is 9.62. The number of hydrogen-bond donors (Lipinski definition) is 4. The average molecular weight is 269 g/mol. The van der Waals surface area contributed by atoms with Crippen LogP contribution in [0.25, 0.3) is 0 Å². The Morgan fingerprint density at radius 3 is 1.79 bits per heavy atom. The van der Waals surface area contributed by atoms with Gasteiger partial charge in [0.1, 0.15) is 13.2 Å². The van der Waals surface area contributed by atoms with Gasteiger partial charge in [0.2, 0.25) is 11.8 Å². The van der Waals surface area contributed by atoms with Crippen LogP contribution in [0.1, 0.15) is 0 Å². The van der Waals surface area contributed by atoms with Crippen molar-refractivity contribution in [3.8, 4) is 0 Å². The number of nitro groups is 1. The van der Waals surface area contributed by atoms with Crippen molar-refractivity contribution in [1.82, 2.24) is 0 Å². The molecule has 1 aromatic carbocycles. The van der Waals surface area contributed by atoms with Gasteiger partial charge in [0.25, 0.3) is 5.69 Å². The summed E-state index contributed by atoms with van der Waals surface area (Å²) in [5, 5.41) is 32.3. The minimum Gasteiger partial charge on any atom is -0.387 e. The number of nitrogens with one attached hydrogen (secondary N) is 2. The summed E-state index contributed by atoms with van der Waals surface area (Å²) in [6.07, 6.45) is 0. The predicted octanol–water partition coefficient (Wildman–Crippen LogP) is -0.544. The smallest absolute Gasteiger partial charge is 0.273 e. The number of anilines is 2. The second-order valence-electron chi connectivity index (χ2n) is 3.44. The fraction of sp³-hybridized carbons (Fsp3) is 0.200. The van der Waals surface area contributed by atoms with E-state index in [0.717, 1.165) is 12.1 Å². The van der Waals surface area contributed by atoms with Crippen LogP contribution >= 0.6 is 0 Å². The molecule has 9 heteroatoms. The summed E-state index contributed by atoms with van der Waals surface area (Å²) < 4.78 is 0. The van der Waals surface area contributed by atoms with E-state index in [-0.39, 0.29) is 17.1 Å². The Labute approximate surface area is 107 Å². The largest absolute Gasteiger partial charge is 0.387 e. The number of aliphatic hydroxyl groups is 2. The van der Waals surface area contributed by atoms with Crippen LogP contribution in [-0.2, 0) is 9.59 Å². The third-order valence-corrected chi connectivity index (χ3v) is 1.98. The van der Waals surface area contributed by atoms with Crippen LogP contribution in [0.15, 0.2) is 18.2 Å². The van der Waals surface area contributed by atoms with E-state index >= 15 is 0 Å². The van der Waals surface area contributed by atoms with Crippen molar-refractivity contribution >= 4 is 28.9 Å². The van der Waals surface area contributed by atoms with Crippen LogP contribution in [0, 0.1) is 10.1 Å². The molecule has 9 nitrogen and oxygen atoms in total. The van der Waals surface area contributed by atoms with Crippen molar-refractivity contribution in [2.24, 2.45) is 0 Å². The summed E-state index contributed by atoms with van der Waals surface area (Å²) >= 11 is 0. The summed E-state index contributed by atoms with van der Waals surface area (Å²) in [6.45, 7) is -1.55. The highest BCUT2D eigenvalue weighted by atomic mass is 16.6. The molecule has 2 amide bonds. The first-order chi connectivity index (χ1) is 8.96. The molecule has 0 aliphatic carbocycles. The van der Waals surface area contributed by atoms with Crippen LogP contribution in [0.2, 0.25) is 0 Å². The molecule has 0 atom stereocenters. The summed E-state index contributed by atoms with van der Waals surface area (Å²) in [5.41, 5.74) is -0.271. The van der Waals surface area contributed by atoms with Crippen molar-refractivity contribution in [3.63, 3.8) is 0 Å².